The lowest BCUT2D eigenvalue weighted by Gasteiger charge is -2.27. The molecule has 4 heteroatoms. The molecule has 1 aromatic heterocycles. The van der Waals surface area contributed by atoms with Crippen LogP contribution in [0.15, 0.2) is 6.20 Å². The highest BCUT2D eigenvalue weighted by Gasteiger charge is 2.31. The van der Waals surface area contributed by atoms with Crippen molar-refractivity contribution in [2.24, 2.45) is 0 Å². The first-order valence-corrected chi connectivity index (χ1v) is 5.17. The first kappa shape index (κ1) is 8.17. The van der Waals surface area contributed by atoms with E-state index in [-0.39, 0.29) is 0 Å². The zero-order valence-corrected chi connectivity index (χ0v) is 8.11. The Bertz CT molecular complexity index is 359. The largest absolute Gasteiger partial charge is 0.368 e. The highest BCUT2D eigenvalue weighted by atomic mass is 15.2. The monoisotopic (exact) mass is 190 g/mol. The van der Waals surface area contributed by atoms with E-state index in [2.05, 4.69) is 14.9 Å². The topological polar surface area (TPSA) is 55.0 Å². The van der Waals surface area contributed by atoms with Gasteiger partial charge in [0, 0.05) is 25.3 Å². The number of rotatable bonds is 1. The number of anilines is 1. The Kier molecular flexibility index (Phi) is 1.70. The number of nitrogens with two attached hydrogens (primary N) is 1. The first-order chi connectivity index (χ1) is 6.83. The first-order valence-electron chi connectivity index (χ1n) is 5.17. The summed E-state index contributed by atoms with van der Waals surface area (Å²) >= 11 is 0. The van der Waals surface area contributed by atoms with Gasteiger partial charge in [-0.15, -0.1) is 0 Å². The molecular weight excluding hydrogens is 176 g/mol. The fourth-order valence-corrected chi connectivity index (χ4v) is 2.09. The maximum absolute atomic E-state index is 5.58. The van der Waals surface area contributed by atoms with Gasteiger partial charge < -0.3 is 5.73 Å². The summed E-state index contributed by atoms with van der Waals surface area (Å²) in [5.74, 6) is 0.404. The van der Waals surface area contributed by atoms with E-state index in [1.165, 1.54) is 18.4 Å². The van der Waals surface area contributed by atoms with Crippen LogP contribution in [-0.2, 0) is 13.0 Å². The number of hydrogen-bond donors (Lipinski definition) is 1. The van der Waals surface area contributed by atoms with Gasteiger partial charge in [-0.05, 0) is 24.8 Å². The fourth-order valence-electron chi connectivity index (χ4n) is 2.09. The Morgan fingerprint density at radius 1 is 1.43 bits per heavy atom. The summed E-state index contributed by atoms with van der Waals surface area (Å²) in [6.45, 7) is 2.12. The quantitative estimate of drug-likeness (QED) is 0.703. The van der Waals surface area contributed by atoms with E-state index >= 15 is 0 Å². The number of fused-ring (bicyclic) bond motifs is 1. The summed E-state index contributed by atoms with van der Waals surface area (Å²) < 4.78 is 0. The molecule has 0 spiro atoms. The van der Waals surface area contributed by atoms with Gasteiger partial charge in [0.1, 0.15) is 0 Å². The second-order valence-electron chi connectivity index (χ2n) is 4.15. The summed E-state index contributed by atoms with van der Waals surface area (Å²) in [7, 11) is 0. The highest BCUT2D eigenvalue weighted by molar-refractivity contribution is 5.27. The third-order valence-electron chi connectivity index (χ3n) is 3.06. The van der Waals surface area contributed by atoms with Crippen molar-refractivity contribution in [1.29, 1.82) is 0 Å². The minimum absolute atomic E-state index is 0.404. The van der Waals surface area contributed by atoms with Gasteiger partial charge in [-0.1, -0.05) is 0 Å². The van der Waals surface area contributed by atoms with E-state index in [0.29, 0.717) is 5.95 Å². The summed E-state index contributed by atoms with van der Waals surface area (Å²) in [5.41, 5.74) is 7.99. The Hall–Kier alpha value is -1.16. The second-order valence-corrected chi connectivity index (χ2v) is 4.15. The van der Waals surface area contributed by atoms with Crippen molar-refractivity contribution in [2.75, 3.05) is 12.3 Å². The van der Waals surface area contributed by atoms with E-state index in [4.69, 9.17) is 5.73 Å². The molecule has 0 atom stereocenters. The van der Waals surface area contributed by atoms with E-state index < -0.39 is 0 Å². The molecule has 3 rings (SSSR count). The zero-order valence-electron chi connectivity index (χ0n) is 8.11. The molecular formula is C10H14N4. The van der Waals surface area contributed by atoms with Gasteiger partial charge in [0.15, 0.2) is 0 Å². The molecule has 74 valence electrons. The van der Waals surface area contributed by atoms with Crippen molar-refractivity contribution in [3.63, 3.8) is 0 Å². The maximum atomic E-state index is 5.58. The predicted molar refractivity (Wildman–Crippen MR) is 53.6 cm³/mol. The number of hydrogen-bond acceptors (Lipinski definition) is 4. The van der Waals surface area contributed by atoms with Gasteiger partial charge in [0.05, 0.1) is 5.69 Å². The summed E-state index contributed by atoms with van der Waals surface area (Å²) in [6, 6.07) is 0.819. The molecule has 1 saturated carbocycles. The maximum Gasteiger partial charge on any atom is 0.220 e. The van der Waals surface area contributed by atoms with Crippen molar-refractivity contribution in [2.45, 2.75) is 31.8 Å². The highest BCUT2D eigenvalue weighted by Crippen LogP contribution is 2.30. The molecule has 0 unspecified atom stereocenters. The fraction of sp³-hybridized carbons (Fsp3) is 0.600. The van der Waals surface area contributed by atoms with Crippen molar-refractivity contribution in [3.05, 3.63) is 17.5 Å². The lowest BCUT2D eigenvalue weighted by Crippen LogP contribution is -2.33. The molecule has 1 aliphatic carbocycles. The lowest BCUT2D eigenvalue weighted by atomic mass is 10.1. The van der Waals surface area contributed by atoms with Crippen LogP contribution in [-0.4, -0.2) is 27.5 Å². The van der Waals surface area contributed by atoms with E-state index in [0.717, 1.165) is 31.2 Å². The molecule has 14 heavy (non-hydrogen) atoms. The average molecular weight is 190 g/mol. The van der Waals surface area contributed by atoms with E-state index in [1.807, 2.05) is 6.20 Å². The summed E-state index contributed by atoms with van der Waals surface area (Å²) in [6.07, 6.45) is 5.67. The summed E-state index contributed by atoms with van der Waals surface area (Å²) in [4.78, 5) is 10.8. The third kappa shape index (κ3) is 1.35. The van der Waals surface area contributed by atoms with Gasteiger partial charge in [-0.3, -0.25) is 4.90 Å². The van der Waals surface area contributed by atoms with Gasteiger partial charge in [-0.2, -0.15) is 0 Å². The van der Waals surface area contributed by atoms with E-state index in [9.17, 15) is 0 Å². The molecule has 0 saturated heterocycles. The number of nitrogens with zero attached hydrogens (tertiary/aromatic N) is 3. The van der Waals surface area contributed by atoms with E-state index in [1.54, 1.807) is 0 Å². The number of nitrogen functional groups attached to an aromatic ring is 1. The SMILES string of the molecule is Nc1ncc2c(n1)CN(C1CC1)CC2. The molecule has 0 aromatic carbocycles. The van der Waals surface area contributed by atoms with Crippen LogP contribution in [0.25, 0.3) is 0 Å². The van der Waals surface area contributed by atoms with Crippen LogP contribution in [0.5, 0.6) is 0 Å². The molecule has 0 radical (unpaired) electrons. The normalized spacial score (nSPS) is 22.0. The molecule has 4 nitrogen and oxygen atoms in total. The molecule has 1 aromatic rings. The minimum Gasteiger partial charge on any atom is -0.368 e. The molecule has 0 bridgehead atoms. The lowest BCUT2D eigenvalue weighted by molar-refractivity contribution is 0.239. The van der Waals surface area contributed by atoms with Gasteiger partial charge in [0.25, 0.3) is 0 Å². The minimum atomic E-state index is 0.404. The molecule has 0 amide bonds. The van der Waals surface area contributed by atoms with Crippen LogP contribution in [0.4, 0.5) is 5.95 Å². The van der Waals surface area contributed by atoms with Crippen LogP contribution in [0, 0.1) is 0 Å². The molecule has 2 N–H and O–H groups in total. The predicted octanol–water partition coefficient (Wildman–Crippen LogP) is 0.579. The molecule has 2 aliphatic rings. The Labute approximate surface area is 83.1 Å². The Morgan fingerprint density at radius 2 is 2.29 bits per heavy atom. The van der Waals surface area contributed by atoms with Crippen LogP contribution < -0.4 is 5.73 Å². The van der Waals surface area contributed by atoms with Crippen LogP contribution in [0.2, 0.25) is 0 Å². The Morgan fingerprint density at radius 3 is 3.07 bits per heavy atom. The van der Waals surface area contributed by atoms with Crippen molar-refractivity contribution >= 4 is 5.95 Å². The average Bonchev–Trinajstić information content (AvgIpc) is 3.00. The molecule has 1 aliphatic heterocycles. The Balaban J connectivity index is 1.88. The standard InChI is InChI=1S/C10H14N4/c11-10-12-5-7-3-4-14(8-1-2-8)6-9(7)13-10/h5,8H,1-4,6H2,(H2,11,12,13). The second kappa shape index (κ2) is 2.92. The van der Waals surface area contributed by atoms with Crippen molar-refractivity contribution < 1.29 is 0 Å². The third-order valence-corrected chi connectivity index (χ3v) is 3.06. The van der Waals surface area contributed by atoms with Crippen molar-refractivity contribution in [3.8, 4) is 0 Å². The van der Waals surface area contributed by atoms with Gasteiger partial charge in [-0.25, -0.2) is 9.97 Å². The molecule has 2 heterocycles. The smallest absolute Gasteiger partial charge is 0.220 e. The summed E-state index contributed by atoms with van der Waals surface area (Å²) in [5, 5.41) is 0. The van der Waals surface area contributed by atoms with Crippen LogP contribution >= 0.6 is 0 Å². The zero-order chi connectivity index (χ0) is 9.54. The van der Waals surface area contributed by atoms with Crippen molar-refractivity contribution in [1.82, 2.24) is 14.9 Å². The van der Waals surface area contributed by atoms with Crippen LogP contribution in [0.1, 0.15) is 24.1 Å². The van der Waals surface area contributed by atoms with Gasteiger partial charge in [0.2, 0.25) is 5.95 Å². The van der Waals surface area contributed by atoms with Gasteiger partial charge >= 0.3 is 0 Å². The van der Waals surface area contributed by atoms with Crippen LogP contribution in [0.3, 0.4) is 0 Å². The number of aromatic nitrogens is 2. The molecule has 1 fully saturated rings.